The Morgan fingerprint density at radius 2 is 2.11 bits per heavy atom. The fraction of sp³-hybridized carbons (Fsp3) is 0.500. The Bertz CT molecular complexity index is 471. The Hall–Kier alpha value is -0.740. The highest BCUT2D eigenvalue weighted by Crippen LogP contribution is 2.28. The van der Waals surface area contributed by atoms with E-state index in [4.69, 9.17) is 11.6 Å². The number of phenols is 1. The van der Waals surface area contributed by atoms with Gasteiger partial charge in [-0.05, 0) is 37.0 Å². The molecule has 0 saturated carbocycles. The van der Waals surface area contributed by atoms with E-state index in [0.29, 0.717) is 21.3 Å². The van der Waals surface area contributed by atoms with Crippen LogP contribution >= 0.6 is 27.5 Å². The van der Waals surface area contributed by atoms with E-state index in [1.807, 2.05) is 4.90 Å². The zero-order valence-electron chi connectivity index (χ0n) is 10.8. The summed E-state index contributed by atoms with van der Waals surface area (Å²) in [5.41, 5.74) is 0.381. The standard InChI is InChI=1S/C14H17BrClNO2/c1-9(15)10-4-6-17(7-5-10)14(19)12-8-11(18)2-3-13(12)16/h2-3,8-10,18H,4-7H2,1H3. The normalized spacial score (nSPS) is 18.4. The molecule has 3 nitrogen and oxygen atoms in total. The third-order valence-electron chi connectivity index (χ3n) is 3.66. The molecule has 1 saturated heterocycles. The topological polar surface area (TPSA) is 40.5 Å². The van der Waals surface area contributed by atoms with Crippen molar-refractivity contribution in [3.8, 4) is 5.75 Å². The molecule has 1 aromatic rings. The highest BCUT2D eigenvalue weighted by molar-refractivity contribution is 9.09. The Kier molecular flexibility index (Phi) is 4.74. The van der Waals surface area contributed by atoms with E-state index in [1.165, 1.54) is 12.1 Å². The lowest BCUT2D eigenvalue weighted by molar-refractivity contribution is 0.0691. The molecule has 0 spiro atoms. The number of aromatic hydroxyl groups is 1. The fourth-order valence-electron chi connectivity index (χ4n) is 2.41. The fourth-order valence-corrected chi connectivity index (χ4v) is 3.14. The molecule has 1 aliphatic rings. The third kappa shape index (κ3) is 3.42. The van der Waals surface area contributed by atoms with Crippen molar-refractivity contribution in [2.24, 2.45) is 5.92 Å². The first-order valence-corrected chi connectivity index (χ1v) is 7.70. The Balaban J connectivity index is 2.07. The molecule has 19 heavy (non-hydrogen) atoms. The number of alkyl halides is 1. The van der Waals surface area contributed by atoms with E-state index in [1.54, 1.807) is 6.07 Å². The van der Waals surface area contributed by atoms with E-state index < -0.39 is 0 Å². The van der Waals surface area contributed by atoms with Gasteiger partial charge in [-0.2, -0.15) is 0 Å². The minimum Gasteiger partial charge on any atom is -0.508 e. The molecular weight excluding hydrogens is 330 g/mol. The first-order valence-electron chi connectivity index (χ1n) is 6.41. The minimum absolute atomic E-state index is 0.0664. The van der Waals surface area contributed by atoms with Crippen molar-refractivity contribution >= 4 is 33.4 Å². The van der Waals surface area contributed by atoms with Crippen molar-refractivity contribution in [3.05, 3.63) is 28.8 Å². The van der Waals surface area contributed by atoms with Crippen LogP contribution in [-0.2, 0) is 0 Å². The molecule has 1 aromatic carbocycles. The van der Waals surface area contributed by atoms with E-state index >= 15 is 0 Å². The van der Waals surface area contributed by atoms with Gasteiger partial charge in [0.25, 0.3) is 5.91 Å². The molecule has 1 N–H and O–H groups in total. The summed E-state index contributed by atoms with van der Waals surface area (Å²) in [6, 6.07) is 4.47. The van der Waals surface area contributed by atoms with Crippen molar-refractivity contribution in [1.82, 2.24) is 4.90 Å². The molecule has 1 atom stereocenters. The van der Waals surface area contributed by atoms with Gasteiger partial charge in [-0.15, -0.1) is 0 Å². The summed E-state index contributed by atoms with van der Waals surface area (Å²) in [7, 11) is 0. The van der Waals surface area contributed by atoms with Crippen LogP contribution in [0.3, 0.4) is 0 Å². The predicted octanol–water partition coefficient (Wildman–Crippen LogP) is 3.68. The number of likely N-dealkylation sites (tertiary alicyclic amines) is 1. The lowest BCUT2D eigenvalue weighted by Gasteiger charge is -2.33. The highest BCUT2D eigenvalue weighted by Gasteiger charge is 2.26. The maximum Gasteiger partial charge on any atom is 0.255 e. The number of hydrogen-bond acceptors (Lipinski definition) is 2. The number of halogens is 2. The summed E-state index contributed by atoms with van der Waals surface area (Å²) in [4.78, 5) is 14.7. The van der Waals surface area contributed by atoms with Crippen LogP contribution in [-0.4, -0.2) is 33.8 Å². The molecule has 1 fully saturated rings. The van der Waals surface area contributed by atoms with Gasteiger partial charge in [0.2, 0.25) is 0 Å². The van der Waals surface area contributed by atoms with Gasteiger partial charge in [-0.3, -0.25) is 4.79 Å². The number of nitrogens with zero attached hydrogens (tertiary/aromatic N) is 1. The number of amides is 1. The second-order valence-electron chi connectivity index (χ2n) is 4.97. The first kappa shape index (κ1) is 14.7. The van der Waals surface area contributed by atoms with Crippen molar-refractivity contribution in [1.29, 1.82) is 0 Å². The predicted molar refractivity (Wildman–Crippen MR) is 80.1 cm³/mol. The monoisotopic (exact) mass is 345 g/mol. The number of carbonyl (C=O) groups is 1. The zero-order chi connectivity index (χ0) is 14.0. The van der Waals surface area contributed by atoms with Gasteiger partial charge in [-0.1, -0.05) is 34.5 Å². The van der Waals surface area contributed by atoms with Gasteiger partial charge < -0.3 is 10.0 Å². The van der Waals surface area contributed by atoms with Crippen molar-refractivity contribution in [2.75, 3.05) is 13.1 Å². The van der Waals surface area contributed by atoms with Crippen molar-refractivity contribution in [3.63, 3.8) is 0 Å². The molecule has 0 radical (unpaired) electrons. The molecule has 5 heteroatoms. The second kappa shape index (κ2) is 6.14. The SMILES string of the molecule is CC(Br)C1CCN(C(=O)c2cc(O)ccc2Cl)CC1. The molecule has 1 aliphatic heterocycles. The van der Waals surface area contributed by atoms with E-state index in [-0.39, 0.29) is 11.7 Å². The summed E-state index contributed by atoms with van der Waals surface area (Å²) < 4.78 is 0. The highest BCUT2D eigenvalue weighted by atomic mass is 79.9. The van der Waals surface area contributed by atoms with Crippen LogP contribution in [0.2, 0.25) is 5.02 Å². The first-order chi connectivity index (χ1) is 8.99. The summed E-state index contributed by atoms with van der Waals surface area (Å²) in [6.45, 7) is 3.63. The molecule has 0 aliphatic carbocycles. The molecule has 1 unspecified atom stereocenters. The average molecular weight is 347 g/mol. The van der Waals surface area contributed by atoms with Crippen LogP contribution in [0.15, 0.2) is 18.2 Å². The van der Waals surface area contributed by atoms with E-state index in [0.717, 1.165) is 25.9 Å². The summed E-state index contributed by atoms with van der Waals surface area (Å²) >= 11 is 9.62. The average Bonchev–Trinajstić information content (AvgIpc) is 2.41. The summed E-state index contributed by atoms with van der Waals surface area (Å²) in [5.74, 6) is 0.585. The Labute approximate surface area is 126 Å². The maximum absolute atomic E-state index is 12.4. The summed E-state index contributed by atoms with van der Waals surface area (Å²) in [6.07, 6.45) is 1.99. The Morgan fingerprint density at radius 3 is 2.68 bits per heavy atom. The lowest BCUT2D eigenvalue weighted by atomic mass is 9.94. The van der Waals surface area contributed by atoms with Gasteiger partial charge >= 0.3 is 0 Å². The van der Waals surface area contributed by atoms with Crippen molar-refractivity contribution in [2.45, 2.75) is 24.6 Å². The van der Waals surface area contributed by atoms with Gasteiger partial charge in [0.15, 0.2) is 0 Å². The number of benzene rings is 1. The Morgan fingerprint density at radius 1 is 1.47 bits per heavy atom. The van der Waals surface area contributed by atoms with Gasteiger partial charge in [0, 0.05) is 17.9 Å². The van der Waals surface area contributed by atoms with E-state index in [9.17, 15) is 9.90 Å². The molecule has 1 amide bonds. The quantitative estimate of drug-likeness (QED) is 0.830. The van der Waals surface area contributed by atoms with Crippen LogP contribution in [0.25, 0.3) is 0 Å². The smallest absolute Gasteiger partial charge is 0.255 e. The number of phenolic OH excluding ortho intramolecular Hbond substituents is 1. The third-order valence-corrected chi connectivity index (χ3v) is 4.73. The van der Waals surface area contributed by atoms with Crippen LogP contribution < -0.4 is 0 Å². The molecule has 1 heterocycles. The number of carbonyl (C=O) groups excluding carboxylic acids is 1. The van der Waals surface area contributed by atoms with Crippen LogP contribution in [0.5, 0.6) is 5.75 Å². The number of hydrogen-bond donors (Lipinski definition) is 1. The van der Waals surface area contributed by atoms with Gasteiger partial charge in [0.1, 0.15) is 5.75 Å². The second-order valence-corrected chi connectivity index (χ2v) is 6.82. The van der Waals surface area contributed by atoms with Crippen LogP contribution in [0, 0.1) is 5.92 Å². The zero-order valence-corrected chi connectivity index (χ0v) is 13.1. The van der Waals surface area contributed by atoms with Crippen molar-refractivity contribution < 1.29 is 9.90 Å². The van der Waals surface area contributed by atoms with Crippen LogP contribution in [0.1, 0.15) is 30.1 Å². The largest absolute Gasteiger partial charge is 0.508 e. The number of piperidine rings is 1. The molecule has 0 bridgehead atoms. The molecule has 104 valence electrons. The lowest BCUT2D eigenvalue weighted by Crippen LogP contribution is -2.40. The molecular formula is C14H17BrClNO2. The maximum atomic E-state index is 12.4. The summed E-state index contributed by atoms with van der Waals surface area (Å²) in [5, 5.41) is 9.85. The molecule has 0 aromatic heterocycles. The van der Waals surface area contributed by atoms with Gasteiger partial charge in [0.05, 0.1) is 10.6 Å². The molecule has 2 rings (SSSR count). The minimum atomic E-state index is -0.0958. The van der Waals surface area contributed by atoms with Crippen LogP contribution in [0.4, 0.5) is 0 Å². The number of rotatable bonds is 2. The van der Waals surface area contributed by atoms with E-state index in [2.05, 4.69) is 22.9 Å². The van der Waals surface area contributed by atoms with Gasteiger partial charge in [-0.25, -0.2) is 0 Å².